The van der Waals surface area contributed by atoms with Crippen molar-refractivity contribution >= 4 is 5.97 Å². The summed E-state index contributed by atoms with van der Waals surface area (Å²) in [6.07, 6.45) is 3.91. The van der Waals surface area contributed by atoms with Crippen molar-refractivity contribution in [3.8, 4) is 0 Å². The van der Waals surface area contributed by atoms with E-state index in [0.29, 0.717) is 5.56 Å². The molecule has 0 saturated carbocycles. The summed E-state index contributed by atoms with van der Waals surface area (Å²) in [6, 6.07) is 8.03. The molecule has 2 fully saturated rings. The topological polar surface area (TPSA) is 43.8 Å². The molecule has 1 N–H and O–H groups in total. The molecule has 0 aromatic heterocycles. The minimum Gasteiger partial charge on any atom is -0.478 e. The minimum absolute atomic E-state index is 0.367. The molecular formula is C16H22N2O2. The second-order valence-corrected chi connectivity index (χ2v) is 5.92. The van der Waals surface area contributed by atoms with Gasteiger partial charge >= 0.3 is 5.97 Å². The number of aromatic carboxylic acids is 1. The summed E-state index contributed by atoms with van der Waals surface area (Å²) in [5.74, 6) is -0.854. The van der Waals surface area contributed by atoms with Gasteiger partial charge in [-0.25, -0.2) is 4.79 Å². The lowest BCUT2D eigenvalue weighted by Gasteiger charge is -2.25. The fourth-order valence-corrected chi connectivity index (χ4v) is 3.44. The van der Waals surface area contributed by atoms with Gasteiger partial charge in [0.15, 0.2) is 0 Å². The number of hydrogen-bond acceptors (Lipinski definition) is 3. The second-order valence-electron chi connectivity index (χ2n) is 5.92. The van der Waals surface area contributed by atoms with Crippen molar-refractivity contribution in [2.24, 2.45) is 0 Å². The van der Waals surface area contributed by atoms with E-state index in [0.717, 1.165) is 25.7 Å². The summed E-state index contributed by atoms with van der Waals surface area (Å²) in [4.78, 5) is 16.0. The zero-order valence-electron chi connectivity index (χ0n) is 11.8. The Hall–Kier alpha value is -1.39. The van der Waals surface area contributed by atoms with E-state index in [2.05, 4.69) is 9.80 Å². The van der Waals surface area contributed by atoms with Gasteiger partial charge in [-0.2, -0.15) is 0 Å². The van der Waals surface area contributed by atoms with Crippen LogP contribution < -0.4 is 0 Å². The number of carboxylic acid groups (broad SMARTS) is 1. The number of rotatable bonds is 3. The normalized spacial score (nSPS) is 24.3. The third-order valence-corrected chi connectivity index (χ3v) is 4.49. The fraction of sp³-hybridized carbons (Fsp3) is 0.562. The van der Waals surface area contributed by atoms with E-state index < -0.39 is 5.97 Å². The van der Waals surface area contributed by atoms with E-state index in [1.54, 1.807) is 12.1 Å². The van der Waals surface area contributed by atoms with Crippen LogP contribution in [0.5, 0.6) is 0 Å². The van der Waals surface area contributed by atoms with E-state index in [-0.39, 0.29) is 0 Å². The molecule has 108 valence electrons. The standard InChI is InChI=1S/C16H22N2O2/c19-16(20)14-6-4-13(5-7-14)11-17-8-2-10-18-9-1-3-15(18)12-17/h4-7,15H,1-3,8-12H2,(H,19,20). The maximum atomic E-state index is 10.9. The van der Waals surface area contributed by atoms with Crippen molar-refractivity contribution in [3.05, 3.63) is 35.4 Å². The maximum Gasteiger partial charge on any atom is 0.335 e. The Labute approximate surface area is 120 Å². The Morgan fingerprint density at radius 2 is 1.90 bits per heavy atom. The summed E-state index contributed by atoms with van der Waals surface area (Å²) in [7, 11) is 0. The van der Waals surface area contributed by atoms with Gasteiger partial charge in [0.1, 0.15) is 0 Å². The molecule has 1 unspecified atom stereocenters. The highest BCUT2D eigenvalue weighted by atomic mass is 16.4. The molecule has 4 nitrogen and oxygen atoms in total. The number of nitrogens with zero attached hydrogens (tertiary/aromatic N) is 2. The van der Waals surface area contributed by atoms with Crippen LogP contribution >= 0.6 is 0 Å². The van der Waals surface area contributed by atoms with Gasteiger partial charge in [0.2, 0.25) is 0 Å². The molecule has 0 aliphatic carbocycles. The van der Waals surface area contributed by atoms with E-state index in [1.807, 2.05) is 12.1 Å². The summed E-state index contributed by atoms with van der Waals surface area (Å²) >= 11 is 0. The van der Waals surface area contributed by atoms with Crippen LogP contribution in [0.3, 0.4) is 0 Å². The molecule has 0 amide bonds. The summed E-state index contributed by atoms with van der Waals surface area (Å²) in [6.45, 7) is 5.74. The van der Waals surface area contributed by atoms with E-state index in [4.69, 9.17) is 5.11 Å². The number of fused-ring (bicyclic) bond motifs is 1. The Morgan fingerprint density at radius 1 is 1.15 bits per heavy atom. The highest BCUT2D eigenvalue weighted by molar-refractivity contribution is 5.87. The van der Waals surface area contributed by atoms with Crippen molar-refractivity contribution in [3.63, 3.8) is 0 Å². The lowest BCUT2D eigenvalue weighted by atomic mass is 10.1. The number of hydrogen-bond donors (Lipinski definition) is 1. The third-order valence-electron chi connectivity index (χ3n) is 4.49. The van der Waals surface area contributed by atoms with Crippen LogP contribution in [0.2, 0.25) is 0 Å². The van der Waals surface area contributed by atoms with Crippen molar-refractivity contribution < 1.29 is 9.90 Å². The van der Waals surface area contributed by atoms with Gasteiger partial charge in [-0.1, -0.05) is 12.1 Å². The van der Waals surface area contributed by atoms with Gasteiger partial charge in [-0.15, -0.1) is 0 Å². The van der Waals surface area contributed by atoms with Crippen LogP contribution in [0.1, 0.15) is 35.2 Å². The molecule has 20 heavy (non-hydrogen) atoms. The van der Waals surface area contributed by atoms with Gasteiger partial charge in [-0.05, 0) is 56.6 Å². The monoisotopic (exact) mass is 274 g/mol. The summed E-state index contributed by atoms with van der Waals surface area (Å²) < 4.78 is 0. The first-order valence-electron chi connectivity index (χ1n) is 7.51. The van der Waals surface area contributed by atoms with Crippen LogP contribution in [-0.2, 0) is 6.54 Å². The van der Waals surface area contributed by atoms with Crippen molar-refractivity contribution in [1.82, 2.24) is 9.80 Å². The molecule has 0 bridgehead atoms. The molecule has 1 aromatic carbocycles. The van der Waals surface area contributed by atoms with Crippen LogP contribution in [0.25, 0.3) is 0 Å². The van der Waals surface area contributed by atoms with E-state index >= 15 is 0 Å². The predicted molar refractivity (Wildman–Crippen MR) is 77.9 cm³/mol. The number of carbonyl (C=O) groups is 1. The van der Waals surface area contributed by atoms with Crippen LogP contribution in [0, 0.1) is 0 Å². The quantitative estimate of drug-likeness (QED) is 0.916. The Balaban J connectivity index is 1.63. The average molecular weight is 274 g/mol. The fourth-order valence-electron chi connectivity index (χ4n) is 3.44. The zero-order chi connectivity index (χ0) is 13.9. The van der Waals surface area contributed by atoms with Gasteiger partial charge in [0.05, 0.1) is 5.56 Å². The van der Waals surface area contributed by atoms with Gasteiger partial charge in [-0.3, -0.25) is 9.80 Å². The first-order valence-corrected chi connectivity index (χ1v) is 7.51. The molecule has 1 atom stereocenters. The van der Waals surface area contributed by atoms with Crippen LogP contribution in [-0.4, -0.2) is 53.1 Å². The molecule has 3 rings (SSSR count). The van der Waals surface area contributed by atoms with E-state index in [1.165, 1.54) is 37.9 Å². The number of benzene rings is 1. The molecule has 2 aliphatic rings. The Bertz CT molecular complexity index is 472. The highest BCUT2D eigenvalue weighted by Gasteiger charge is 2.28. The molecule has 2 saturated heterocycles. The first kappa shape index (κ1) is 13.6. The lowest BCUT2D eigenvalue weighted by Crippen LogP contribution is -2.36. The largest absolute Gasteiger partial charge is 0.478 e. The molecule has 4 heteroatoms. The summed E-state index contributed by atoms with van der Waals surface area (Å²) in [5, 5.41) is 8.92. The lowest BCUT2D eigenvalue weighted by molar-refractivity contribution is 0.0697. The minimum atomic E-state index is -0.854. The molecule has 0 radical (unpaired) electrons. The maximum absolute atomic E-state index is 10.9. The third kappa shape index (κ3) is 3.02. The smallest absolute Gasteiger partial charge is 0.335 e. The van der Waals surface area contributed by atoms with Crippen LogP contribution in [0.4, 0.5) is 0 Å². The highest BCUT2D eigenvalue weighted by Crippen LogP contribution is 2.22. The molecule has 0 spiro atoms. The first-order chi connectivity index (χ1) is 9.72. The SMILES string of the molecule is O=C(O)c1ccc(CN2CCCN3CCCC3C2)cc1. The molecule has 2 aliphatic heterocycles. The predicted octanol–water partition coefficient (Wildman–Crippen LogP) is 2.05. The average Bonchev–Trinajstić information content (AvgIpc) is 2.78. The number of carboxylic acids is 1. The Morgan fingerprint density at radius 3 is 2.65 bits per heavy atom. The van der Waals surface area contributed by atoms with Gasteiger partial charge in [0.25, 0.3) is 0 Å². The van der Waals surface area contributed by atoms with Crippen LogP contribution in [0.15, 0.2) is 24.3 Å². The van der Waals surface area contributed by atoms with Crippen molar-refractivity contribution in [2.45, 2.75) is 31.8 Å². The Kier molecular flexibility index (Phi) is 4.03. The van der Waals surface area contributed by atoms with E-state index in [9.17, 15) is 4.79 Å². The second kappa shape index (κ2) is 5.94. The van der Waals surface area contributed by atoms with Crippen molar-refractivity contribution in [1.29, 1.82) is 0 Å². The van der Waals surface area contributed by atoms with Gasteiger partial charge in [0, 0.05) is 19.1 Å². The molecular weight excluding hydrogens is 252 g/mol. The van der Waals surface area contributed by atoms with Crippen molar-refractivity contribution in [2.75, 3.05) is 26.2 Å². The molecule has 1 aromatic rings. The zero-order valence-corrected chi connectivity index (χ0v) is 11.8. The molecule has 2 heterocycles. The van der Waals surface area contributed by atoms with Gasteiger partial charge < -0.3 is 5.11 Å². The summed E-state index contributed by atoms with van der Waals surface area (Å²) in [5.41, 5.74) is 1.58.